The van der Waals surface area contributed by atoms with Gasteiger partial charge in [-0.1, -0.05) is 33.3 Å². The third-order valence-electron chi connectivity index (χ3n) is 7.44. The highest BCUT2D eigenvalue weighted by Gasteiger charge is 2.35. The number of amides is 1. The number of benzene rings is 2. The van der Waals surface area contributed by atoms with Gasteiger partial charge in [0.15, 0.2) is 0 Å². The van der Waals surface area contributed by atoms with Gasteiger partial charge < -0.3 is 9.64 Å². The van der Waals surface area contributed by atoms with E-state index in [-0.39, 0.29) is 24.0 Å². The average molecular weight is 611 g/mol. The fourth-order valence-electron chi connectivity index (χ4n) is 5.03. The number of rotatable bonds is 6. The summed E-state index contributed by atoms with van der Waals surface area (Å²) in [5, 5.41) is 8.75. The molecular formula is C31H40BrN5O3. The number of hydrogen-bond donors (Lipinski definition) is 0. The van der Waals surface area contributed by atoms with Crippen LogP contribution in [0.25, 0.3) is 5.69 Å². The van der Waals surface area contributed by atoms with Crippen molar-refractivity contribution in [3.05, 3.63) is 75.5 Å². The van der Waals surface area contributed by atoms with E-state index in [1.54, 1.807) is 4.68 Å². The van der Waals surface area contributed by atoms with Gasteiger partial charge in [0.05, 0.1) is 23.0 Å². The summed E-state index contributed by atoms with van der Waals surface area (Å²) in [6, 6.07) is 13.7. The Bertz CT molecular complexity index is 1360. The molecule has 0 saturated carbocycles. The number of aromatic nitrogens is 3. The lowest BCUT2D eigenvalue weighted by Gasteiger charge is -2.44. The molecule has 1 aromatic heterocycles. The number of halogens is 1. The van der Waals surface area contributed by atoms with E-state index in [4.69, 9.17) is 4.74 Å². The average Bonchev–Trinajstić information content (AvgIpc) is 3.35. The van der Waals surface area contributed by atoms with Gasteiger partial charge in [0.2, 0.25) is 0 Å². The molecule has 9 heteroatoms. The van der Waals surface area contributed by atoms with Crippen molar-refractivity contribution < 1.29 is 14.3 Å². The van der Waals surface area contributed by atoms with E-state index < -0.39 is 11.0 Å². The molecule has 0 unspecified atom stereocenters. The van der Waals surface area contributed by atoms with Gasteiger partial charge in [-0.15, -0.1) is 5.10 Å². The van der Waals surface area contributed by atoms with Crippen LogP contribution in [0.4, 0.5) is 0 Å². The number of ether oxygens (including phenoxy) is 1. The summed E-state index contributed by atoms with van der Waals surface area (Å²) in [5.41, 5.74) is 3.05. The molecule has 8 nitrogen and oxygen atoms in total. The molecule has 1 fully saturated rings. The number of aryl methyl sites for hydroxylation is 1. The SMILES string of the molecule is Cc1cc(-n2cc(CN3[C@H](C)CN(C(=O)c4ccc(C(C)(C)C(=O)OC(C)(C)C)cc4)C[C@@H]3C)nn2)ccc1Br. The Hall–Kier alpha value is -3.04. The van der Waals surface area contributed by atoms with E-state index in [0.29, 0.717) is 25.2 Å². The molecule has 3 aromatic rings. The molecule has 0 spiro atoms. The highest BCUT2D eigenvalue weighted by atomic mass is 79.9. The number of nitrogens with zero attached hydrogens (tertiary/aromatic N) is 5. The van der Waals surface area contributed by atoms with Gasteiger partial charge in [0, 0.05) is 41.8 Å². The highest BCUT2D eigenvalue weighted by molar-refractivity contribution is 9.10. The Balaban J connectivity index is 1.40. The van der Waals surface area contributed by atoms with Crippen LogP contribution in [0.15, 0.2) is 53.1 Å². The van der Waals surface area contributed by atoms with Crippen LogP contribution >= 0.6 is 15.9 Å². The molecule has 1 saturated heterocycles. The number of esters is 1. The van der Waals surface area contributed by atoms with Crippen LogP contribution in [0.1, 0.15) is 75.6 Å². The van der Waals surface area contributed by atoms with Gasteiger partial charge >= 0.3 is 5.97 Å². The van der Waals surface area contributed by atoms with Crippen LogP contribution in [-0.4, -0.2) is 67.4 Å². The van der Waals surface area contributed by atoms with E-state index in [9.17, 15) is 9.59 Å². The normalized spacial score (nSPS) is 18.6. The third-order valence-corrected chi connectivity index (χ3v) is 8.33. The maximum absolute atomic E-state index is 13.4. The van der Waals surface area contributed by atoms with Crippen LogP contribution in [0.5, 0.6) is 0 Å². The second-order valence-electron chi connectivity index (χ2n) is 12.4. The third kappa shape index (κ3) is 6.63. The number of carbonyl (C=O) groups is 2. The van der Waals surface area contributed by atoms with E-state index in [0.717, 1.165) is 27.0 Å². The van der Waals surface area contributed by atoms with Crippen molar-refractivity contribution in [2.75, 3.05) is 13.1 Å². The van der Waals surface area contributed by atoms with Gasteiger partial charge in [-0.2, -0.15) is 0 Å². The van der Waals surface area contributed by atoms with Crippen molar-refractivity contribution in [1.29, 1.82) is 0 Å². The van der Waals surface area contributed by atoms with Crippen molar-refractivity contribution in [3.8, 4) is 5.69 Å². The molecule has 0 N–H and O–H groups in total. The molecule has 40 heavy (non-hydrogen) atoms. The minimum absolute atomic E-state index is 0.00322. The minimum Gasteiger partial charge on any atom is -0.459 e. The first kappa shape index (κ1) is 29.9. The molecule has 2 heterocycles. The van der Waals surface area contributed by atoms with Crippen molar-refractivity contribution in [1.82, 2.24) is 24.8 Å². The molecule has 1 aliphatic heterocycles. The monoisotopic (exact) mass is 609 g/mol. The Labute approximate surface area is 245 Å². The molecule has 214 valence electrons. The Morgan fingerprint density at radius 3 is 2.20 bits per heavy atom. The van der Waals surface area contributed by atoms with Gasteiger partial charge in [-0.3, -0.25) is 14.5 Å². The number of piperazine rings is 1. The van der Waals surface area contributed by atoms with Gasteiger partial charge in [0.25, 0.3) is 5.91 Å². The second kappa shape index (κ2) is 11.4. The van der Waals surface area contributed by atoms with E-state index in [2.05, 4.69) is 58.0 Å². The van der Waals surface area contributed by atoms with Gasteiger partial charge in [-0.05, 0) is 96.8 Å². The molecule has 1 amide bonds. The predicted octanol–water partition coefficient (Wildman–Crippen LogP) is 5.69. The van der Waals surface area contributed by atoms with Crippen molar-refractivity contribution in [2.24, 2.45) is 0 Å². The summed E-state index contributed by atoms with van der Waals surface area (Å²) in [4.78, 5) is 30.5. The fraction of sp³-hybridized carbons (Fsp3) is 0.484. The standard InChI is InChI=1S/C31H40BrN5O3/c1-20-15-26(13-14-27(20)32)37-19-25(33-34-37)18-36-21(2)16-35(17-22(36)3)28(38)23-9-11-24(12-10-23)31(7,8)29(39)40-30(4,5)6/h9-15,19,21-22H,16-18H2,1-8H3/t21-,22+. The van der Waals surface area contributed by atoms with Gasteiger partial charge in [-0.25, -0.2) is 4.68 Å². The predicted molar refractivity (Wildman–Crippen MR) is 159 cm³/mol. The lowest BCUT2D eigenvalue weighted by Crippen LogP contribution is -2.57. The smallest absolute Gasteiger partial charge is 0.316 e. The number of hydrogen-bond acceptors (Lipinski definition) is 6. The van der Waals surface area contributed by atoms with Crippen molar-refractivity contribution in [2.45, 2.75) is 85.0 Å². The quantitative estimate of drug-likeness (QED) is 0.334. The number of carbonyl (C=O) groups excluding carboxylic acids is 2. The molecule has 4 rings (SSSR count). The van der Waals surface area contributed by atoms with Crippen molar-refractivity contribution in [3.63, 3.8) is 0 Å². The molecular weight excluding hydrogens is 570 g/mol. The van der Waals surface area contributed by atoms with E-state index in [1.165, 1.54) is 0 Å². The van der Waals surface area contributed by atoms with Crippen molar-refractivity contribution >= 4 is 27.8 Å². The van der Waals surface area contributed by atoms with Crippen LogP contribution in [0.3, 0.4) is 0 Å². The summed E-state index contributed by atoms with van der Waals surface area (Å²) in [6.45, 7) is 17.5. The topological polar surface area (TPSA) is 80.6 Å². The summed E-state index contributed by atoms with van der Waals surface area (Å²) in [6.07, 6.45) is 1.97. The molecule has 1 aliphatic rings. The molecule has 2 atom stereocenters. The Kier molecular flexibility index (Phi) is 8.57. The first-order valence-electron chi connectivity index (χ1n) is 13.7. The lowest BCUT2D eigenvalue weighted by atomic mass is 9.84. The van der Waals surface area contributed by atoms with Crippen LogP contribution in [0, 0.1) is 6.92 Å². The summed E-state index contributed by atoms with van der Waals surface area (Å²) < 4.78 is 8.47. The zero-order valence-corrected chi connectivity index (χ0v) is 26.3. The highest BCUT2D eigenvalue weighted by Crippen LogP contribution is 2.28. The molecule has 0 aliphatic carbocycles. The minimum atomic E-state index is -0.818. The van der Waals surface area contributed by atoms with Crippen LogP contribution in [0.2, 0.25) is 0 Å². The van der Waals surface area contributed by atoms with Crippen LogP contribution < -0.4 is 0 Å². The molecule has 0 radical (unpaired) electrons. The van der Waals surface area contributed by atoms with Crippen LogP contribution in [-0.2, 0) is 21.5 Å². The Morgan fingerprint density at radius 2 is 1.62 bits per heavy atom. The lowest BCUT2D eigenvalue weighted by molar-refractivity contribution is -0.160. The van der Waals surface area contributed by atoms with Gasteiger partial charge in [0.1, 0.15) is 5.60 Å². The zero-order valence-electron chi connectivity index (χ0n) is 24.7. The first-order valence-corrected chi connectivity index (χ1v) is 14.5. The zero-order chi connectivity index (χ0) is 29.4. The first-order chi connectivity index (χ1) is 18.7. The van der Waals surface area contributed by atoms with E-state index in [1.807, 2.05) is 82.1 Å². The summed E-state index contributed by atoms with van der Waals surface area (Å²) in [5.74, 6) is -0.290. The summed E-state index contributed by atoms with van der Waals surface area (Å²) in [7, 11) is 0. The largest absolute Gasteiger partial charge is 0.459 e. The molecule has 0 bridgehead atoms. The maximum atomic E-state index is 13.4. The second-order valence-corrected chi connectivity index (χ2v) is 13.2. The fourth-order valence-corrected chi connectivity index (χ4v) is 5.27. The Morgan fingerprint density at radius 1 is 1.00 bits per heavy atom. The van der Waals surface area contributed by atoms with E-state index >= 15 is 0 Å². The maximum Gasteiger partial charge on any atom is 0.316 e. The molecule has 2 aromatic carbocycles. The summed E-state index contributed by atoms with van der Waals surface area (Å²) >= 11 is 3.54.